The molecule has 0 saturated carbocycles. The summed E-state index contributed by atoms with van der Waals surface area (Å²) >= 11 is 3.36. The zero-order valence-corrected chi connectivity index (χ0v) is 9.81. The average Bonchev–Trinajstić information content (AvgIpc) is 2.29. The molecule has 2 aromatic rings. The van der Waals surface area contributed by atoms with Crippen LogP contribution in [-0.2, 0) is 0 Å². The number of halogens is 1. The summed E-state index contributed by atoms with van der Waals surface area (Å²) in [6, 6.07) is 9.20. The molecule has 0 amide bonds. The predicted octanol–water partition coefficient (Wildman–Crippen LogP) is 3.21. The van der Waals surface area contributed by atoms with Crippen molar-refractivity contribution in [1.82, 2.24) is 4.98 Å². The van der Waals surface area contributed by atoms with Gasteiger partial charge < -0.3 is 5.11 Å². The van der Waals surface area contributed by atoms with Gasteiger partial charge in [-0.05, 0) is 29.3 Å². The Kier molecular flexibility index (Phi) is 3.01. The Morgan fingerprint density at radius 2 is 2.12 bits per heavy atom. The number of carboxylic acids is 1. The molecule has 3 nitrogen and oxygen atoms in total. The van der Waals surface area contributed by atoms with Crippen LogP contribution in [0.15, 0.2) is 47.2 Å². The number of nitrogens with zero attached hydrogens (tertiary/aromatic N) is 1. The number of hydrogen-bond acceptors (Lipinski definition) is 2. The summed E-state index contributed by atoms with van der Waals surface area (Å²) in [7, 11) is 0. The van der Waals surface area contributed by atoms with Gasteiger partial charge in [-0.1, -0.05) is 28.1 Å². The van der Waals surface area contributed by atoms with Crippen molar-refractivity contribution in [2.45, 2.75) is 0 Å². The van der Waals surface area contributed by atoms with Crippen molar-refractivity contribution in [3.8, 4) is 11.1 Å². The molecule has 2 rings (SSSR count). The van der Waals surface area contributed by atoms with Gasteiger partial charge in [0.15, 0.2) is 0 Å². The van der Waals surface area contributed by atoms with Crippen LogP contribution in [0, 0.1) is 0 Å². The van der Waals surface area contributed by atoms with Gasteiger partial charge in [-0.2, -0.15) is 0 Å². The Hall–Kier alpha value is -1.68. The van der Waals surface area contributed by atoms with Crippen molar-refractivity contribution < 1.29 is 9.90 Å². The van der Waals surface area contributed by atoms with Crippen molar-refractivity contribution in [3.05, 3.63) is 52.8 Å². The molecule has 1 aromatic carbocycles. The third-order valence-corrected chi connectivity index (χ3v) is 2.68. The van der Waals surface area contributed by atoms with E-state index in [9.17, 15) is 4.79 Å². The molecule has 0 saturated heterocycles. The third kappa shape index (κ3) is 2.12. The molecule has 80 valence electrons. The van der Waals surface area contributed by atoms with Crippen LogP contribution in [0.1, 0.15) is 10.4 Å². The molecule has 1 N–H and O–H groups in total. The van der Waals surface area contributed by atoms with E-state index >= 15 is 0 Å². The van der Waals surface area contributed by atoms with Crippen LogP contribution in [0.2, 0.25) is 0 Å². The molecule has 0 spiro atoms. The first-order chi connectivity index (χ1) is 7.68. The molecule has 16 heavy (non-hydrogen) atoms. The Morgan fingerprint density at radius 1 is 1.31 bits per heavy atom. The van der Waals surface area contributed by atoms with E-state index in [4.69, 9.17) is 5.11 Å². The van der Waals surface area contributed by atoms with E-state index in [1.165, 1.54) is 6.20 Å². The van der Waals surface area contributed by atoms with Crippen LogP contribution in [0.25, 0.3) is 11.1 Å². The lowest BCUT2D eigenvalue weighted by Crippen LogP contribution is -2.00. The monoisotopic (exact) mass is 277 g/mol. The van der Waals surface area contributed by atoms with Gasteiger partial charge in [0.25, 0.3) is 0 Å². The predicted molar refractivity (Wildman–Crippen MR) is 64.3 cm³/mol. The number of benzene rings is 1. The van der Waals surface area contributed by atoms with Gasteiger partial charge in [0, 0.05) is 16.9 Å². The smallest absolute Gasteiger partial charge is 0.337 e. The summed E-state index contributed by atoms with van der Waals surface area (Å²) in [6.07, 6.45) is 2.95. The minimum Gasteiger partial charge on any atom is -0.478 e. The van der Waals surface area contributed by atoms with Gasteiger partial charge in [0.1, 0.15) is 0 Å². The maximum atomic E-state index is 11.0. The Labute approximate surface area is 101 Å². The van der Waals surface area contributed by atoms with Crippen LogP contribution in [0.3, 0.4) is 0 Å². The van der Waals surface area contributed by atoms with Crippen LogP contribution in [0.4, 0.5) is 0 Å². The maximum absolute atomic E-state index is 11.0. The molecule has 1 aromatic heterocycles. The highest BCUT2D eigenvalue weighted by molar-refractivity contribution is 9.10. The lowest BCUT2D eigenvalue weighted by atomic mass is 10.0. The average molecular weight is 278 g/mol. The number of aromatic nitrogens is 1. The van der Waals surface area contributed by atoms with Crippen molar-refractivity contribution in [2.24, 2.45) is 0 Å². The van der Waals surface area contributed by atoms with E-state index in [2.05, 4.69) is 20.9 Å². The van der Waals surface area contributed by atoms with Gasteiger partial charge in [-0.3, -0.25) is 4.98 Å². The zero-order chi connectivity index (χ0) is 11.5. The molecule has 0 aliphatic heterocycles. The lowest BCUT2D eigenvalue weighted by molar-refractivity contribution is 0.0697. The lowest BCUT2D eigenvalue weighted by Gasteiger charge is -2.05. The normalized spacial score (nSPS) is 10.1. The third-order valence-electron chi connectivity index (χ3n) is 2.19. The first-order valence-electron chi connectivity index (χ1n) is 4.62. The molecule has 4 heteroatoms. The molecular weight excluding hydrogens is 270 g/mol. The van der Waals surface area contributed by atoms with E-state index in [-0.39, 0.29) is 5.56 Å². The molecule has 0 unspecified atom stereocenters. The summed E-state index contributed by atoms with van der Waals surface area (Å²) in [4.78, 5) is 14.9. The van der Waals surface area contributed by atoms with E-state index < -0.39 is 5.97 Å². The van der Waals surface area contributed by atoms with Crippen molar-refractivity contribution >= 4 is 21.9 Å². The van der Waals surface area contributed by atoms with Crippen LogP contribution < -0.4 is 0 Å². The molecule has 0 fully saturated rings. The summed E-state index contributed by atoms with van der Waals surface area (Å²) in [6.45, 7) is 0. The van der Waals surface area contributed by atoms with Gasteiger partial charge in [0.2, 0.25) is 0 Å². The molecular formula is C12H8BrNO2. The largest absolute Gasteiger partial charge is 0.478 e. The molecule has 0 bridgehead atoms. The van der Waals surface area contributed by atoms with E-state index in [1.807, 2.05) is 24.3 Å². The summed E-state index contributed by atoms with van der Waals surface area (Å²) in [5.41, 5.74) is 1.73. The number of rotatable bonds is 2. The summed E-state index contributed by atoms with van der Waals surface area (Å²) in [5.74, 6) is -0.969. The van der Waals surface area contributed by atoms with E-state index in [0.717, 1.165) is 10.0 Å². The fourth-order valence-corrected chi connectivity index (χ4v) is 1.87. The van der Waals surface area contributed by atoms with Crippen molar-refractivity contribution in [3.63, 3.8) is 0 Å². The standard InChI is InChI=1S/C12H8BrNO2/c13-9-3-1-2-8(6-9)10-4-5-14-7-11(10)12(15)16/h1-7H,(H,15,16). The van der Waals surface area contributed by atoms with Gasteiger partial charge in [-0.15, -0.1) is 0 Å². The topological polar surface area (TPSA) is 50.2 Å². The second-order valence-electron chi connectivity index (χ2n) is 3.24. The number of pyridine rings is 1. The van der Waals surface area contributed by atoms with Gasteiger partial charge >= 0.3 is 5.97 Å². The Morgan fingerprint density at radius 3 is 2.81 bits per heavy atom. The molecule has 0 aliphatic carbocycles. The highest BCUT2D eigenvalue weighted by Crippen LogP contribution is 2.25. The highest BCUT2D eigenvalue weighted by Gasteiger charge is 2.11. The maximum Gasteiger partial charge on any atom is 0.337 e. The number of carbonyl (C=O) groups is 1. The molecule has 0 aliphatic rings. The van der Waals surface area contributed by atoms with Gasteiger partial charge in [-0.25, -0.2) is 4.79 Å². The second kappa shape index (κ2) is 4.45. The Balaban J connectivity index is 2.60. The first-order valence-corrected chi connectivity index (χ1v) is 5.41. The summed E-state index contributed by atoms with van der Waals surface area (Å²) in [5, 5.41) is 9.04. The van der Waals surface area contributed by atoms with Crippen LogP contribution >= 0.6 is 15.9 Å². The van der Waals surface area contributed by atoms with Crippen LogP contribution in [-0.4, -0.2) is 16.1 Å². The minimum absolute atomic E-state index is 0.209. The quantitative estimate of drug-likeness (QED) is 0.917. The van der Waals surface area contributed by atoms with E-state index in [1.54, 1.807) is 12.3 Å². The number of hydrogen-bond donors (Lipinski definition) is 1. The summed E-state index contributed by atoms with van der Waals surface area (Å²) < 4.78 is 0.915. The SMILES string of the molecule is O=C(O)c1cnccc1-c1cccc(Br)c1. The van der Waals surface area contributed by atoms with Crippen LogP contribution in [0.5, 0.6) is 0 Å². The number of carboxylic acid groups (broad SMARTS) is 1. The molecule has 0 atom stereocenters. The fourth-order valence-electron chi connectivity index (χ4n) is 1.47. The molecule has 0 radical (unpaired) electrons. The van der Waals surface area contributed by atoms with Crippen molar-refractivity contribution in [2.75, 3.05) is 0 Å². The Bertz CT molecular complexity index is 540. The first kappa shape index (κ1) is 10.8. The second-order valence-corrected chi connectivity index (χ2v) is 4.15. The zero-order valence-electron chi connectivity index (χ0n) is 8.22. The van der Waals surface area contributed by atoms with E-state index in [0.29, 0.717) is 5.56 Å². The fraction of sp³-hybridized carbons (Fsp3) is 0. The highest BCUT2D eigenvalue weighted by atomic mass is 79.9. The number of aromatic carboxylic acids is 1. The molecule has 1 heterocycles. The van der Waals surface area contributed by atoms with Crippen molar-refractivity contribution in [1.29, 1.82) is 0 Å². The van der Waals surface area contributed by atoms with Gasteiger partial charge in [0.05, 0.1) is 5.56 Å². The minimum atomic E-state index is -0.969.